The maximum absolute atomic E-state index is 11.0. The minimum Gasteiger partial charge on any atom is -0.395 e. The van der Waals surface area contributed by atoms with E-state index in [1.807, 2.05) is 13.8 Å². The van der Waals surface area contributed by atoms with Crippen LogP contribution in [0, 0.1) is 5.92 Å². The van der Waals surface area contributed by atoms with Crippen LogP contribution in [0.25, 0.3) is 0 Å². The standard InChI is InChI=1S/C7H13NO2.C2H6/c1-6-4-7(10)8(5-6)2-3-9;1-2/h6,9H,2-5H2,1H3;1-2H3. The zero-order chi connectivity index (χ0) is 9.56. The molecule has 1 rings (SSSR count). The lowest BCUT2D eigenvalue weighted by atomic mass is 10.2. The van der Waals surface area contributed by atoms with Crippen molar-refractivity contribution in [2.24, 2.45) is 5.92 Å². The van der Waals surface area contributed by atoms with Gasteiger partial charge in [-0.1, -0.05) is 20.8 Å². The van der Waals surface area contributed by atoms with Crippen molar-refractivity contribution >= 4 is 5.91 Å². The number of rotatable bonds is 2. The lowest BCUT2D eigenvalue weighted by Crippen LogP contribution is -2.27. The van der Waals surface area contributed by atoms with Gasteiger partial charge in [0.15, 0.2) is 0 Å². The topological polar surface area (TPSA) is 40.5 Å². The first-order valence-corrected chi connectivity index (χ1v) is 4.62. The summed E-state index contributed by atoms with van der Waals surface area (Å²) in [5.74, 6) is 0.653. The molecule has 0 aromatic heterocycles. The van der Waals surface area contributed by atoms with Gasteiger partial charge in [-0.25, -0.2) is 0 Å². The molecule has 1 aliphatic heterocycles. The average Bonchev–Trinajstić information content (AvgIpc) is 2.35. The highest BCUT2D eigenvalue weighted by molar-refractivity contribution is 5.78. The predicted octanol–water partition coefficient (Wildman–Crippen LogP) is 0.873. The Morgan fingerprint density at radius 1 is 1.58 bits per heavy atom. The number of hydrogen-bond acceptors (Lipinski definition) is 2. The van der Waals surface area contributed by atoms with Crippen molar-refractivity contribution in [2.45, 2.75) is 27.2 Å². The monoisotopic (exact) mass is 173 g/mol. The van der Waals surface area contributed by atoms with Crippen molar-refractivity contribution in [3.8, 4) is 0 Å². The van der Waals surface area contributed by atoms with Crippen LogP contribution in [-0.2, 0) is 4.79 Å². The highest BCUT2D eigenvalue weighted by Crippen LogP contribution is 2.15. The van der Waals surface area contributed by atoms with Crippen LogP contribution in [0.5, 0.6) is 0 Å². The second-order valence-electron chi connectivity index (χ2n) is 2.87. The van der Waals surface area contributed by atoms with Crippen molar-refractivity contribution in [3.05, 3.63) is 0 Å². The van der Waals surface area contributed by atoms with Gasteiger partial charge in [0.1, 0.15) is 0 Å². The molecule has 12 heavy (non-hydrogen) atoms. The van der Waals surface area contributed by atoms with Crippen LogP contribution in [0.15, 0.2) is 0 Å². The Balaban J connectivity index is 0.000000561. The van der Waals surface area contributed by atoms with E-state index < -0.39 is 0 Å². The average molecular weight is 173 g/mol. The molecule has 1 N–H and O–H groups in total. The van der Waals surface area contributed by atoms with E-state index in [1.54, 1.807) is 4.90 Å². The Morgan fingerprint density at radius 3 is 2.50 bits per heavy atom. The van der Waals surface area contributed by atoms with E-state index in [4.69, 9.17) is 5.11 Å². The van der Waals surface area contributed by atoms with E-state index in [1.165, 1.54) is 0 Å². The maximum atomic E-state index is 11.0. The Hall–Kier alpha value is -0.570. The number of amides is 1. The molecule has 72 valence electrons. The van der Waals surface area contributed by atoms with Crippen LogP contribution in [0.2, 0.25) is 0 Å². The molecule has 0 aromatic rings. The molecular formula is C9H19NO2. The van der Waals surface area contributed by atoms with Crippen molar-refractivity contribution < 1.29 is 9.90 Å². The van der Waals surface area contributed by atoms with E-state index in [-0.39, 0.29) is 12.5 Å². The molecule has 1 heterocycles. The van der Waals surface area contributed by atoms with Crippen LogP contribution in [0.1, 0.15) is 27.2 Å². The van der Waals surface area contributed by atoms with Crippen molar-refractivity contribution in [2.75, 3.05) is 19.7 Å². The van der Waals surface area contributed by atoms with Crippen molar-refractivity contribution in [1.82, 2.24) is 4.90 Å². The third kappa shape index (κ3) is 3.22. The summed E-state index contributed by atoms with van der Waals surface area (Å²) in [4.78, 5) is 12.7. The summed E-state index contributed by atoms with van der Waals surface area (Å²) in [6.07, 6.45) is 0.653. The smallest absolute Gasteiger partial charge is 0.222 e. The van der Waals surface area contributed by atoms with Crippen LogP contribution in [-0.4, -0.2) is 35.6 Å². The molecule has 1 unspecified atom stereocenters. The summed E-state index contributed by atoms with van der Waals surface area (Å²) >= 11 is 0. The molecule has 0 saturated carbocycles. The third-order valence-corrected chi connectivity index (χ3v) is 1.78. The highest BCUT2D eigenvalue weighted by atomic mass is 16.3. The molecule has 1 amide bonds. The quantitative estimate of drug-likeness (QED) is 0.673. The zero-order valence-corrected chi connectivity index (χ0v) is 8.21. The molecule has 1 atom stereocenters. The minimum absolute atomic E-state index is 0.0818. The first-order valence-electron chi connectivity index (χ1n) is 4.62. The lowest BCUT2D eigenvalue weighted by molar-refractivity contribution is -0.128. The van der Waals surface area contributed by atoms with Gasteiger partial charge in [-0.3, -0.25) is 4.79 Å². The first kappa shape index (κ1) is 11.4. The SMILES string of the molecule is CC.CC1CC(=O)N(CCO)C1. The van der Waals surface area contributed by atoms with Gasteiger partial charge in [0.25, 0.3) is 0 Å². The van der Waals surface area contributed by atoms with Gasteiger partial charge in [0.2, 0.25) is 5.91 Å². The van der Waals surface area contributed by atoms with Gasteiger partial charge in [-0.05, 0) is 5.92 Å². The number of carbonyl (C=O) groups excluding carboxylic acids is 1. The molecule has 3 heteroatoms. The number of aliphatic hydroxyl groups excluding tert-OH is 1. The summed E-state index contributed by atoms with van der Waals surface area (Å²) in [5.41, 5.74) is 0. The number of likely N-dealkylation sites (tertiary alicyclic amines) is 1. The molecular weight excluding hydrogens is 154 g/mol. The number of carbonyl (C=O) groups is 1. The maximum Gasteiger partial charge on any atom is 0.222 e. The number of hydrogen-bond donors (Lipinski definition) is 1. The first-order chi connectivity index (χ1) is 5.74. The molecule has 0 bridgehead atoms. The molecule has 1 aliphatic rings. The second-order valence-corrected chi connectivity index (χ2v) is 2.87. The van der Waals surface area contributed by atoms with Gasteiger partial charge in [0, 0.05) is 19.5 Å². The van der Waals surface area contributed by atoms with E-state index in [0.717, 1.165) is 6.54 Å². The molecule has 3 nitrogen and oxygen atoms in total. The van der Waals surface area contributed by atoms with Gasteiger partial charge >= 0.3 is 0 Å². The zero-order valence-electron chi connectivity index (χ0n) is 8.21. The largest absolute Gasteiger partial charge is 0.395 e. The van der Waals surface area contributed by atoms with Crippen LogP contribution in [0.4, 0.5) is 0 Å². The van der Waals surface area contributed by atoms with Crippen molar-refractivity contribution in [1.29, 1.82) is 0 Å². The Bertz CT molecular complexity index is 136. The number of β-amino-alcohol motifs (C(OH)–C–C–N with tert-alkyl or cyclic N) is 1. The van der Waals surface area contributed by atoms with Crippen LogP contribution >= 0.6 is 0 Å². The van der Waals surface area contributed by atoms with Gasteiger partial charge in [-0.2, -0.15) is 0 Å². The van der Waals surface area contributed by atoms with E-state index in [2.05, 4.69) is 6.92 Å². The normalized spacial score (nSPS) is 22.2. The molecule has 0 radical (unpaired) electrons. The lowest BCUT2D eigenvalue weighted by Gasteiger charge is -2.13. The van der Waals surface area contributed by atoms with E-state index in [9.17, 15) is 4.79 Å². The molecule has 1 fully saturated rings. The fraction of sp³-hybridized carbons (Fsp3) is 0.889. The molecule has 1 saturated heterocycles. The summed E-state index contributed by atoms with van der Waals surface area (Å²) in [6, 6.07) is 0. The Kier molecular flexibility index (Phi) is 5.72. The summed E-state index contributed by atoms with van der Waals surface area (Å²) in [6.45, 7) is 7.45. The minimum atomic E-state index is 0.0818. The van der Waals surface area contributed by atoms with E-state index in [0.29, 0.717) is 18.9 Å². The fourth-order valence-electron chi connectivity index (χ4n) is 1.31. The van der Waals surface area contributed by atoms with Gasteiger partial charge in [-0.15, -0.1) is 0 Å². The molecule has 0 spiro atoms. The third-order valence-electron chi connectivity index (χ3n) is 1.78. The second kappa shape index (κ2) is 6.00. The highest BCUT2D eigenvalue weighted by Gasteiger charge is 2.25. The predicted molar refractivity (Wildman–Crippen MR) is 48.8 cm³/mol. The summed E-state index contributed by atoms with van der Waals surface area (Å²) < 4.78 is 0. The van der Waals surface area contributed by atoms with E-state index >= 15 is 0 Å². The van der Waals surface area contributed by atoms with Crippen LogP contribution in [0.3, 0.4) is 0 Å². The molecule has 0 aliphatic carbocycles. The van der Waals surface area contributed by atoms with Crippen LogP contribution < -0.4 is 0 Å². The van der Waals surface area contributed by atoms with Crippen molar-refractivity contribution in [3.63, 3.8) is 0 Å². The number of aliphatic hydroxyl groups is 1. The summed E-state index contributed by atoms with van der Waals surface area (Å²) in [7, 11) is 0. The Morgan fingerprint density at radius 2 is 2.17 bits per heavy atom. The Labute approximate surface area is 74.4 Å². The van der Waals surface area contributed by atoms with Gasteiger partial charge < -0.3 is 10.0 Å². The fourth-order valence-corrected chi connectivity index (χ4v) is 1.31. The molecule has 0 aromatic carbocycles. The number of nitrogens with zero attached hydrogens (tertiary/aromatic N) is 1. The van der Waals surface area contributed by atoms with Gasteiger partial charge in [0.05, 0.1) is 6.61 Å². The summed E-state index contributed by atoms with van der Waals surface area (Å²) in [5, 5.41) is 8.54.